The monoisotopic (exact) mass is 191 g/mol. The topological polar surface area (TPSA) is 26.0 Å². The van der Waals surface area contributed by atoms with Gasteiger partial charge in [-0.3, -0.25) is 0 Å². The Morgan fingerprint density at radius 2 is 2.14 bits per heavy atom. The van der Waals surface area contributed by atoms with Gasteiger partial charge in [-0.2, -0.15) is 0 Å². The molecule has 0 aromatic rings. The fourth-order valence-corrected chi connectivity index (χ4v) is 1.26. The first kappa shape index (κ1) is 13.0. The van der Waals surface area contributed by atoms with Gasteiger partial charge in [0.2, 0.25) is 0 Å². The van der Waals surface area contributed by atoms with Gasteiger partial charge in [0.15, 0.2) is 0 Å². The summed E-state index contributed by atoms with van der Waals surface area (Å²) in [7, 11) is 0. The van der Waals surface area contributed by atoms with Crippen LogP contribution < -0.4 is 5.73 Å². The fraction of sp³-hybridized carbons (Fsp3) is 0.538. The summed E-state index contributed by atoms with van der Waals surface area (Å²) in [5, 5.41) is 0. The van der Waals surface area contributed by atoms with Crippen LogP contribution in [0.1, 0.15) is 39.5 Å². The van der Waals surface area contributed by atoms with Gasteiger partial charge in [0.25, 0.3) is 0 Å². The molecule has 0 saturated carbocycles. The highest BCUT2D eigenvalue weighted by Crippen LogP contribution is 2.13. The summed E-state index contributed by atoms with van der Waals surface area (Å²) in [5.74, 6) is 5.85. The highest BCUT2D eigenvalue weighted by atomic mass is 14.5. The summed E-state index contributed by atoms with van der Waals surface area (Å²) >= 11 is 0. The molecule has 78 valence electrons. The zero-order valence-electron chi connectivity index (χ0n) is 9.40. The molecule has 14 heavy (non-hydrogen) atoms. The van der Waals surface area contributed by atoms with Gasteiger partial charge in [-0.1, -0.05) is 31.1 Å². The van der Waals surface area contributed by atoms with E-state index in [-0.39, 0.29) is 0 Å². The summed E-state index contributed by atoms with van der Waals surface area (Å²) in [4.78, 5) is 0. The smallest absolute Gasteiger partial charge is 0.00234 e. The first-order chi connectivity index (χ1) is 6.74. The van der Waals surface area contributed by atoms with E-state index in [1.54, 1.807) is 0 Å². The molecular weight excluding hydrogens is 170 g/mol. The highest BCUT2D eigenvalue weighted by Gasteiger charge is 1.95. The Labute approximate surface area is 88.1 Å². The lowest BCUT2D eigenvalue weighted by atomic mass is 10.0. The fourth-order valence-electron chi connectivity index (χ4n) is 1.26. The van der Waals surface area contributed by atoms with E-state index in [2.05, 4.69) is 31.4 Å². The molecule has 0 heterocycles. The van der Waals surface area contributed by atoms with Crippen LogP contribution in [0.25, 0.3) is 0 Å². The van der Waals surface area contributed by atoms with Crippen molar-refractivity contribution >= 4 is 0 Å². The molecule has 0 aliphatic carbocycles. The molecule has 0 unspecified atom stereocenters. The second kappa shape index (κ2) is 8.59. The maximum Gasteiger partial charge on any atom is -0.00234 e. The van der Waals surface area contributed by atoms with Gasteiger partial charge in [0.05, 0.1) is 0 Å². The van der Waals surface area contributed by atoms with Gasteiger partial charge in [0.1, 0.15) is 0 Å². The van der Waals surface area contributed by atoms with Crippen LogP contribution >= 0.6 is 0 Å². The Morgan fingerprint density at radius 1 is 1.43 bits per heavy atom. The number of hydrogen-bond donors (Lipinski definition) is 1. The van der Waals surface area contributed by atoms with E-state index < -0.39 is 0 Å². The van der Waals surface area contributed by atoms with Crippen molar-refractivity contribution in [3.63, 3.8) is 0 Å². The molecule has 0 saturated heterocycles. The van der Waals surface area contributed by atoms with Crippen LogP contribution in [-0.4, -0.2) is 6.54 Å². The molecule has 1 heteroatoms. The molecule has 0 radical (unpaired) electrons. The Bertz CT molecular complexity index is 250. The summed E-state index contributed by atoms with van der Waals surface area (Å²) in [6, 6.07) is 0. The normalized spacial score (nSPS) is 10.6. The predicted molar refractivity (Wildman–Crippen MR) is 63.9 cm³/mol. The Balaban J connectivity index is 3.93. The average molecular weight is 191 g/mol. The molecule has 0 aliphatic heterocycles. The second-order valence-electron chi connectivity index (χ2n) is 3.27. The molecular formula is C13H21N. The lowest BCUT2D eigenvalue weighted by molar-refractivity contribution is 0.870. The quantitative estimate of drug-likeness (QED) is 0.507. The summed E-state index contributed by atoms with van der Waals surface area (Å²) in [6.07, 6.45) is 6.38. The lowest BCUT2D eigenvalue weighted by Crippen LogP contribution is -1.96. The Hall–Kier alpha value is -1.00. The van der Waals surface area contributed by atoms with Crippen LogP contribution in [0, 0.1) is 11.8 Å². The standard InChI is InChI=1S/C13H21N/c1-4-7-12(3)9-10-13(5-2)8-6-11-14/h8H,3,5-6,9-11,14H2,1-2H3. The molecule has 0 aromatic carbocycles. The average Bonchev–Trinajstić information content (AvgIpc) is 2.19. The van der Waals surface area contributed by atoms with Crippen molar-refractivity contribution in [2.75, 3.05) is 6.54 Å². The zero-order valence-corrected chi connectivity index (χ0v) is 9.40. The minimum atomic E-state index is 0.735. The van der Waals surface area contributed by atoms with Crippen LogP contribution in [0.5, 0.6) is 0 Å². The summed E-state index contributed by atoms with van der Waals surface area (Å²) < 4.78 is 0. The molecule has 1 nitrogen and oxygen atoms in total. The van der Waals surface area contributed by atoms with Gasteiger partial charge in [-0.25, -0.2) is 0 Å². The van der Waals surface area contributed by atoms with Gasteiger partial charge < -0.3 is 5.73 Å². The van der Waals surface area contributed by atoms with E-state index in [0.717, 1.165) is 37.8 Å². The van der Waals surface area contributed by atoms with Gasteiger partial charge in [0, 0.05) is 0 Å². The first-order valence-electron chi connectivity index (χ1n) is 5.23. The van der Waals surface area contributed by atoms with Crippen molar-refractivity contribution in [2.45, 2.75) is 39.5 Å². The van der Waals surface area contributed by atoms with Crippen LogP contribution in [0.2, 0.25) is 0 Å². The van der Waals surface area contributed by atoms with Crippen molar-refractivity contribution < 1.29 is 0 Å². The molecule has 0 aromatic heterocycles. The maximum atomic E-state index is 5.45. The van der Waals surface area contributed by atoms with E-state index in [1.807, 2.05) is 6.92 Å². The first-order valence-corrected chi connectivity index (χ1v) is 5.23. The van der Waals surface area contributed by atoms with Crippen LogP contribution in [0.15, 0.2) is 23.8 Å². The van der Waals surface area contributed by atoms with Crippen molar-refractivity contribution in [2.24, 2.45) is 5.73 Å². The molecule has 0 atom stereocenters. The predicted octanol–water partition coefficient (Wildman–Crippen LogP) is 3.03. The SMILES string of the molecule is C=C(C#CC)CCC(=CCCN)CC. The van der Waals surface area contributed by atoms with Crippen molar-refractivity contribution in [3.05, 3.63) is 23.8 Å². The van der Waals surface area contributed by atoms with E-state index in [9.17, 15) is 0 Å². The second-order valence-corrected chi connectivity index (χ2v) is 3.27. The lowest BCUT2D eigenvalue weighted by Gasteiger charge is -2.03. The zero-order chi connectivity index (χ0) is 10.8. The summed E-state index contributed by atoms with van der Waals surface area (Å²) in [6.45, 7) is 8.66. The molecule has 0 fully saturated rings. The largest absolute Gasteiger partial charge is 0.330 e. The highest BCUT2D eigenvalue weighted by molar-refractivity contribution is 5.25. The van der Waals surface area contributed by atoms with Gasteiger partial charge >= 0.3 is 0 Å². The summed E-state index contributed by atoms with van der Waals surface area (Å²) in [5.41, 5.74) is 7.95. The van der Waals surface area contributed by atoms with E-state index in [4.69, 9.17) is 5.73 Å². The third-order valence-electron chi connectivity index (χ3n) is 2.10. The molecule has 0 rings (SSSR count). The van der Waals surface area contributed by atoms with Gasteiger partial charge in [-0.05, 0) is 44.7 Å². The van der Waals surface area contributed by atoms with Crippen molar-refractivity contribution in [1.82, 2.24) is 0 Å². The van der Waals surface area contributed by atoms with Crippen molar-refractivity contribution in [3.8, 4) is 11.8 Å². The Kier molecular flexibility index (Phi) is 7.98. The number of hydrogen-bond acceptors (Lipinski definition) is 1. The third kappa shape index (κ3) is 6.51. The minimum absolute atomic E-state index is 0.735. The molecule has 0 bridgehead atoms. The minimum Gasteiger partial charge on any atom is -0.330 e. The van der Waals surface area contributed by atoms with Gasteiger partial charge in [-0.15, -0.1) is 5.92 Å². The van der Waals surface area contributed by atoms with E-state index in [0.29, 0.717) is 0 Å². The number of rotatable bonds is 6. The number of nitrogens with two attached hydrogens (primary N) is 1. The maximum absolute atomic E-state index is 5.45. The van der Waals surface area contributed by atoms with Crippen LogP contribution in [0.4, 0.5) is 0 Å². The molecule has 0 amide bonds. The molecule has 0 aliphatic rings. The van der Waals surface area contributed by atoms with Crippen LogP contribution in [0.3, 0.4) is 0 Å². The molecule has 2 N–H and O–H groups in total. The van der Waals surface area contributed by atoms with E-state index >= 15 is 0 Å². The van der Waals surface area contributed by atoms with Crippen LogP contribution in [-0.2, 0) is 0 Å². The van der Waals surface area contributed by atoms with Crippen molar-refractivity contribution in [1.29, 1.82) is 0 Å². The Morgan fingerprint density at radius 3 is 2.64 bits per heavy atom. The molecule has 0 spiro atoms. The van der Waals surface area contributed by atoms with E-state index in [1.165, 1.54) is 5.57 Å². The third-order valence-corrected chi connectivity index (χ3v) is 2.10. The number of allylic oxidation sites excluding steroid dienone is 2.